The van der Waals surface area contributed by atoms with Crippen molar-refractivity contribution in [3.8, 4) is 22.6 Å². The second-order valence-electron chi connectivity index (χ2n) is 12.0. The van der Waals surface area contributed by atoms with E-state index in [0.717, 1.165) is 39.0 Å². The molecule has 0 saturated carbocycles. The van der Waals surface area contributed by atoms with Crippen LogP contribution in [0.3, 0.4) is 0 Å². The van der Waals surface area contributed by atoms with Crippen molar-refractivity contribution in [2.24, 2.45) is 0 Å². The van der Waals surface area contributed by atoms with Gasteiger partial charge in [-0.05, 0) is 62.7 Å². The van der Waals surface area contributed by atoms with Crippen molar-refractivity contribution >= 4 is 33.3 Å². The second kappa shape index (κ2) is 9.08. The zero-order valence-electron chi connectivity index (χ0n) is 24.3. The standard InChI is InChI=1S/C40H29NO2/c1-39(2)35-24-29(41-3)17-20-33(35)36-31-11-7-8-12-32(31)38-34(37(36)39)21-22-40(43-38,27-15-18-30(42-4)19-16-27)28-14-13-25-9-5-6-10-26(25)23-28/h5-24H,1-2,4H3. The minimum Gasteiger partial charge on any atom is -0.497 e. The van der Waals surface area contributed by atoms with Gasteiger partial charge in [0.1, 0.15) is 11.5 Å². The highest BCUT2D eigenvalue weighted by atomic mass is 16.5. The Hall–Kier alpha value is -5.33. The smallest absolute Gasteiger partial charge is 0.187 e. The van der Waals surface area contributed by atoms with Gasteiger partial charge in [0.15, 0.2) is 11.3 Å². The third-order valence-electron chi connectivity index (χ3n) is 9.35. The number of ether oxygens (including phenoxy) is 2. The first-order valence-corrected chi connectivity index (χ1v) is 14.6. The first-order chi connectivity index (χ1) is 20.9. The highest BCUT2D eigenvalue weighted by Gasteiger charge is 2.44. The SMILES string of the molecule is [C-]#[N+]c1ccc2c(c1)C(C)(C)c1c3c(c4ccccc4c1-2)OC(c1ccc(OC)cc1)(c1ccc2ccccc2c1)C=C3. The second-order valence-corrected chi connectivity index (χ2v) is 12.0. The number of rotatable bonds is 3. The predicted octanol–water partition coefficient (Wildman–Crippen LogP) is 10.2. The number of hydrogen-bond donors (Lipinski definition) is 0. The van der Waals surface area contributed by atoms with Crippen LogP contribution in [0.4, 0.5) is 5.69 Å². The highest BCUT2D eigenvalue weighted by Crippen LogP contribution is 2.58. The van der Waals surface area contributed by atoms with Crippen LogP contribution in [0.15, 0.2) is 115 Å². The molecule has 0 amide bonds. The molecule has 1 unspecified atom stereocenters. The summed E-state index contributed by atoms with van der Waals surface area (Å²) in [5, 5.41) is 4.60. The van der Waals surface area contributed by atoms with Crippen LogP contribution in [-0.4, -0.2) is 7.11 Å². The van der Waals surface area contributed by atoms with E-state index in [-0.39, 0.29) is 5.41 Å². The maximum absolute atomic E-state index is 7.65. The molecule has 3 heteroatoms. The molecule has 8 rings (SSSR count). The molecule has 1 aliphatic carbocycles. The fraction of sp³-hybridized carbons (Fsp3) is 0.125. The van der Waals surface area contributed by atoms with E-state index < -0.39 is 5.60 Å². The minimum absolute atomic E-state index is 0.309. The fourth-order valence-corrected chi connectivity index (χ4v) is 7.23. The normalized spacial score (nSPS) is 17.5. The Kier molecular flexibility index (Phi) is 5.36. The Morgan fingerprint density at radius 2 is 1.47 bits per heavy atom. The van der Waals surface area contributed by atoms with Crippen LogP contribution in [-0.2, 0) is 11.0 Å². The molecule has 6 aromatic carbocycles. The van der Waals surface area contributed by atoms with Crippen LogP contribution in [0.2, 0.25) is 0 Å². The van der Waals surface area contributed by atoms with Crippen molar-refractivity contribution in [3.63, 3.8) is 0 Å². The van der Waals surface area contributed by atoms with Crippen molar-refractivity contribution in [3.05, 3.63) is 155 Å². The lowest BCUT2D eigenvalue weighted by molar-refractivity contribution is 0.163. The number of fused-ring (bicyclic) bond motifs is 9. The Balaban J connectivity index is 1.43. The average Bonchev–Trinajstić information content (AvgIpc) is 3.30. The quantitative estimate of drug-likeness (QED) is 0.203. The van der Waals surface area contributed by atoms with Crippen molar-refractivity contribution in [2.45, 2.75) is 24.9 Å². The Labute approximate surface area is 251 Å². The van der Waals surface area contributed by atoms with E-state index in [1.54, 1.807) is 7.11 Å². The fourth-order valence-electron chi connectivity index (χ4n) is 7.23. The van der Waals surface area contributed by atoms with E-state index in [1.165, 1.54) is 33.0 Å². The molecule has 43 heavy (non-hydrogen) atoms. The van der Waals surface area contributed by atoms with Crippen LogP contribution in [0.1, 0.15) is 41.7 Å². The summed E-state index contributed by atoms with van der Waals surface area (Å²) in [4.78, 5) is 3.75. The zero-order chi connectivity index (χ0) is 29.3. The maximum Gasteiger partial charge on any atom is 0.187 e. The Morgan fingerprint density at radius 3 is 2.23 bits per heavy atom. The number of hydrogen-bond acceptors (Lipinski definition) is 2. The van der Waals surface area contributed by atoms with Crippen LogP contribution in [0.25, 0.3) is 43.6 Å². The summed E-state index contributed by atoms with van der Waals surface area (Å²) >= 11 is 0. The van der Waals surface area contributed by atoms with Gasteiger partial charge in [-0.25, -0.2) is 4.85 Å². The van der Waals surface area contributed by atoms with E-state index >= 15 is 0 Å². The van der Waals surface area contributed by atoms with Gasteiger partial charge in [0.05, 0.1) is 13.7 Å². The molecule has 1 aliphatic heterocycles. The van der Waals surface area contributed by atoms with Gasteiger partial charge in [-0.2, -0.15) is 0 Å². The van der Waals surface area contributed by atoms with Crippen LogP contribution >= 0.6 is 0 Å². The van der Waals surface area contributed by atoms with E-state index in [2.05, 4.69) is 122 Å². The molecular weight excluding hydrogens is 526 g/mol. The summed E-state index contributed by atoms with van der Waals surface area (Å²) < 4.78 is 12.9. The van der Waals surface area contributed by atoms with E-state index in [4.69, 9.17) is 16.0 Å². The third-order valence-corrected chi connectivity index (χ3v) is 9.35. The van der Waals surface area contributed by atoms with E-state index in [9.17, 15) is 0 Å². The number of benzene rings is 6. The molecule has 206 valence electrons. The van der Waals surface area contributed by atoms with Gasteiger partial charge in [0.2, 0.25) is 0 Å². The van der Waals surface area contributed by atoms with Gasteiger partial charge >= 0.3 is 0 Å². The molecule has 1 atom stereocenters. The predicted molar refractivity (Wildman–Crippen MR) is 175 cm³/mol. The van der Waals surface area contributed by atoms with Crippen molar-refractivity contribution in [1.29, 1.82) is 0 Å². The van der Waals surface area contributed by atoms with Crippen molar-refractivity contribution < 1.29 is 9.47 Å². The minimum atomic E-state index is -0.854. The molecule has 2 aliphatic rings. The molecule has 0 radical (unpaired) electrons. The van der Waals surface area contributed by atoms with Gasteiger partial charge in [-0.3, -0.25) is 0 Å². The molecule has 0 spiro atoms. The average molecular weight is 556 g/mol. The van der Waals surface area contributed by atoms with E-state index in [0.29, 0.717) is 5.69 Å². The molecule has 0 fully saturated rings. The van der Waals surface area contributed by atoms with Gasteiger partial charge < -0.3 is 9.47 Å². The van der Waals surface area contributed by atoms with E-state index in [1.807, 2.05) is 18.2 Å². The lowest BCUT2D eigenvalue weighted by atomic mass is 9.76. The largest absolute Gasteiger partial charge is 0.497 e. The first-order valence-electron chi connectivity index (χ1n) is 14.6. The van der Waals surface area contributed by atoms with Crippen molar-refractivity contribution in [1.82, 2.24) is 0 Å². The summed E-state index contributed by atoms with van der Waals surface area (Å²) in [6.45, 7) is 12.2. The molecule has 0 bridgehead atoms. The maximum atomic E-state index is 7.65. The molecule has 3 nitrogen and oxygen atoms in total. The molecule has 0 saturated heterocycles. The van der Waals surface area contributed by atoms with Crippen LogP contribution in [0.5, 0.6) is 11.5 Å². The summed E-state index contributed by atoms with van der Waals surface area (Å²) in [5.74, 6) is 1.69. The number of methoxy groups -OCH3 is 1. The molecule has 0 N–H and O–H groups in total. The summed E-state index contributed by atoms with van der Waals surface area (Å²) in [5.41, 5.74) is 7.56. The summed E-state index contributed by atoms with van der Waals surface area (Å²) in [6.07, 6.45) is 4.49. The molecule has 6 aromatic rings. The Bertz CT molecular complexity index is 2180. The lowest BCUT2D eigenvalue weighted by Crippen LogP contribution is -2.35. The van der Waals surface area contributed by atoms with Crippen LogP contribution < -0.4 is 9.47 Å². The Morgan fingerprint density at radius 1 is 0.744 bits per heavy atom. The molecule has 1 heterocycles. The van der Waals surface area contributed by atoms with Crippen LogP contribution in [0, 0.1) is 6.57 Å². The summed E-state index contributed by atoms with van der Waals surface area (Å²) in [6, 6.07) is 37.9. The van der Waals surface area contributed by atoms with Gasteiger partial charge in [-0.1, -0.05) is 111 Å². The molecular formula is C40H29NO2. The molecule has 0 aromatic heterocycles. The summed E-state index contributed by atoms with van der Waals surface area (Å²) in [7, 11) is 1.69. The number of nitrogens with zero attached hydrogens (tertiary/aromatic N) is 1. The highest BCUT2D eigenvalue weighted by molar-refractivity contribution is 6.08. The topological polar surface area (TPSA) is 22.8 Å². The third kappa shape index (κ3) is 3.53. The zero-order valence-corrected chi connectivity index (χ0v) is 24.3. The first kappa shape index (κ1) is 25.4. The van der Waals surface area contributed by atoms with Gasteiger partial charge in [-0.15, -0.1) is 0 Å². The van der Waals surface area contributed by atoms with Crippen molar-refractivity contribution in [2.75, 3.05) is 7.11 Å². The monoisotopic (exact) mass is 555 g/mol. The lowest BCUT2D eigenvalue weighted by Gasteiger charge is -2.38. The van der Waals surface area contributed by atoms with Gasteiger partial charge in [0.25, 0.3) is 0 Å². The van der Waals surface area contributed by atoms with Gasteiger partial charge in [0, 0.05) is 27.5 Å².